The number of hydrogen-bond acceptors (Lipinski definition) is 1. The van der Waals surface area contributed by atoms with E-state index in [0.717, 1.165) is 6.16 Å². The molecular formula is C32H32PS+. The average Bonchev–Trinajstić information content (AvgIpc) is 3.20. The molecule has 0 saturated heterocycles. The first-order valence-corrected chi connectivity index (χ1v) is 15.0. The van der Waals surface area contributed by atoms with Gasteiger partial charge in [0, 0.05) is 16.1 Å². The molecule has 1 aliphatic heterocycles. The lowest BCUT2D eigenvalue weighted by molar-refractivity contribution is 0.604. The van der Waals surface area contributed by atoms with Gasteiger partial charge in [-0.1, -0.05) is 74.5 Å². The van der Waals surface area contributed by atoms with Crippen molar-refractivity contribution in [2.45, 2.75) is 31.1 Å². The fourth-order valence-corrected chi connectivity index (χ4v) is 10.4. The summed E-state index contributed by atoms with van der Waals surface area (Å²) in [5.41, 5.74) is 4.45. The molecule has 4 aromatic carbocycles. The summed E-state index contributed by atoms with van der Waals surface area (Å²) < 4.78 is 0. The molecule has 1 heterocycles. The van der Waals surface area contributed by atoms with Gasteiger partial charge in [0.25, 0.3) is 0 Å². The van der Waals surface area contributed by atoms with E-state index in [-0.39, 0.29) is 5.41 Å². The lowest BCUT2D eigenvalue weighted by Gasteiger charge is -2.27. The second-order valence-electron chi connectivity index (χ2n) is 9.77. The topological polar surface area (TPSA) is 0 Å². The Hall–Kier alpha value is -2.60. The van der Waals surface area contributed by atoms with Crippen LogP contribution in [0.5, 0.6) is 0 Å². The summed E-state index contributed by atoms with van der Waals surface area (Å²) in [7, 11) is -1.85. The zero-order valence-electron chi connectivity index (χ0n) is 20.2. The van der Waals surface area contributed by atoms with Gasteiger partial charge in [-0.05, 0) is 78.2 Å². The molecule has 0 aromatic heterocycles. The zero-order chi connectivity index (χ0) is 23.6. The van der Waals surface area contributed by atoms with Crippen LogP contribution in [0, 0.1) is 0 Å². The van der Waals surface area contributed by atoms with Gasteiger partial charge in [-0.3, -0.25) is 0 Å². The Balaban J connectivity index is 1.63. The number of allylic oxidation sites excluding steroid dienone is 2. The first kappa shape index (κ1) is 23.2. The molecular weight excluding hydrogens is 447 g/mol. The first-order chi connectivity index (χ1) is 16.5. The summed E-state index contributed by atoms with van der Waals surface area (Å²) in [4.78, 5) is 1.45. The number of rotatable bonds is 6. The van der Waals surface area contributed by atoms with Crippen molar-refractivity contribution < 1.29 is 0 Å². The highest BCUT2D eigenvalue weighted by molar-refractivity contribution is 7.99. The number of hydrogen-bond donors (Lipinski definition) is 0. The lowest BCUT2D eigenvalue weighted by Crippen LogP contribution is -2.33. The Morgan fingerprint density at radius 2 is 1.26 bits per heavy atom. The molecule has 0 radical (unpaired) electrons. The quantitative estimate of drug-likeness (QED) is 0.259. The van der Waals surface area contributed by atoms with E-state index >= 15 is 0 Å². The van der Waals surface area contributed by atoms with Crippen molar-refractivity contribution in [1.29, 1.82) is 0 Å². The normalized spacial score (nSPS) is 15.2. The first-order valence-electron chi connectivity index (χ1n) is 12.0. The summed E-state index contributed by atoms with van der Waals surface area (Å²) in [6.07, 6.45) is 3.50. The monoisotopic (exact) mass is 479 g/mol. The van der Waals surface area contributed by atoms with Crippen LogP contribution < -0.4 is 15.9 Å². The third-order valence-corrected chi connectivity index (χ3v) is 12.8. The third kappa shape index (κ3) is 4.28. The maximum atomic E-state index is 2.50. The van der Waals surface area contributed by atoms with Crippen LogP contribution >= 0.6 is 19.0 Å². The Bertz CT molecular complexity index is 1190. The molecule has 170 valence electrons. The van der Waals surface area contributed by atoms with E-state index in [2.05, 4.69) is 136 Å². The second-order valence-corrected chi connectivity index (χ2v) is 14.3. The van der Waals surface area contributed by atoms with Gasteiger partial charge in [-0.2, -0.15) is 0 Å². The SMILES string of the molecule is CC(=CC[P+](c1ccccc1)(c1ccccc1)c1ccccc1)c1ccc2c(c1)C(C)(C)CS2. The van der Waals surface area contributed by atoms with E-state index in [1.165, 1.54) is 43.3 Å². The highest BCUT2D eigenvalue weighted by atomic mass is 32.2. The van der Waals surface area contributed by atoms with Gasteiger partial charge < -0.3 is 0 Å². The molecule has 0 aliphatic carbocycles. The number of thioether (sulfide) groups is 1. The molecule has 0 amide bonds. The fraction of sp³-hybridized carbons (Fsp3) is 0.188. The number of fused-ring (bicyclic) bond motifs is 1. The van der Waals surface area contributed by atoms with Crippen LogP contribution in [0.3, 0.4) is 0 Å². The smallest absolute Gasteiger partial charge is 0.115 e. The van der Waals surface area contributed by atoms with E-state index in [9.17, 15) is 0 Å². The van der Waals surface area contributed by atoms with Crippen LogP contribution in [-0.2, 0) is 5.41 Å². The minimum absolute atomic E-state index is 0.241. The van der Waals surface area contributed by atoms with Crippen molar-refractivity contribution in [1.82, 2.24) is 0 Å². The van der Waals surface area contributed by atoms with Crippen molar-refractivity contribution in [2.75, 3.05) is 11.9 Å². The van der Waals surface area contributed by atoms with E-state index in [4.69, 9.17) is 0 Å². The van der Waals surface area contributed by atoms with Gasteiger partial charge in [-0.25, -0.2) is 0 Å². The van der Waals surface area contributed by atoms with Crippen LogP contribution in [0.15, 0.2) is 120 Å². The van der Waals surface area contributed by atoms with Crippen LogP contribution in [-0.4, -0.2) is 11.9 Å². The van der Waals surface area contributed by atoms with Crippen LogP contribution in [0.4, 0.5) is 0 Å². The van der Waals surface area contributed by atoms with E-state index in [1.54, 1.807) is 0 Å². The summed E-state index contributed by atoms with van der Waals surface area (Å²) in [6, 6.07) is 40.5. The summed E-state index contributed by atoms with van der Waals surface area (Å²) in [5.74, 6) is 1.17. The Morgan fingerprint density at radius 3 is 1.76 bits per heavy atom. The largest absolute Gasteiger partial charge is 0.125 e. The van der Waals surface area contributed by atoms with Crippen LogP contribution in [0.1, 0.15) is 31.9 Å². The van der Waals surface area contributed by atoms with E-state index < -0.39 is 7.26 Å². The maximum absolute atomic E-state index is 2.50. The molecule has 34 heavy (non-hydrogen) atoms. The number of benzene rings is 4. The molecule has 0 atom stereocenters. The van der Waals surface area contributed by atoms with Gasteiger partial charge in [0.15, 0.2) is 0 Å². The predicted molar refractivity (Wildman–Crippen MR) is 154 cm³/mol. The standard InChI is InChI=1S/C32H32PS/c1-25(26-19-20-31-30(23-26)32(2,3)24-34-31)21-22-33(27-13-7-4-8-14-27,28-15-9-5-10-16-28)29-17-11-6-12-18-29/h4-21,23H,22,24H2,1-3H3/q+1. The molecule has 0 saturated carbocycles. The fourth-order valence-electron chi connectivity index (χ4n) is 4.97. The van der Waals surface area contributed by atoms with Crippen LogP contribution in [0.2, 0.25) is 0 Å². The summed E-state index contributed by atoms with van der Waals surface area (Å²) >= 11 is 1.99. The van der Waals surface area contributed by atoms with Gasteiger partial charge in [0.05, 0.1) is 6.16 Å². The molecule has 0 unspecified atom stereocenters. The molecule has 4 aromatic rings. The minimum atomic E-state index is -1.85. The molecule has 0 nitrogen and oxygen atoms in total. The van der Waals surface area contributed by atoms with Gasteiger partial charge in [0.1, 0.15) is 23.2 Å². The third-order valence-electron chi connectivity index (χ3n) is 7.01. The van der Waals surface area contributed by atoms with Crippen molar-refractivity contribution in [3.8, 4) is 0 Å². The molecule has 0 N–H and O–H groups in total. The Morgan fingerprint density at radius 1 is 0.765 bits per heavy atom. The van der Waals surface area contributed by atoms with E-state index in [0.29, 0.717) is 0 Å². The molecule has 5 rings (SSSR count). The van der Waals surface area contributed by atoms with Gasteiger partial charge >= 0.3 is 0 Å². The minimum Gasteiger partial charge on any atom is -0.125 e. The predicted octanol–water partition coefficient (Wildman–Crippen LogP) is 7.47. The molecule has 2 heteroatoms. The second kappa shape index (κ2) is 9.57. The lowest BCUT2D eigenvalue weighted by atomic mass is 9.85. The molecule has 0 bridgehead atoms. The highest BCUT2D eigenvalue weighted by Crippen LogP contribution is 2.55. The Kier molecular flexibility index (Phi) is 6.52. The maximum Gasteiger partial charge on any atom is 0.115 e. The molecule has 1 aliphatic rings. The molecule has 0 spiro atoms. The van der Waals surface area contributed by atoms with Crippen molar-refractivity contribution in [3.05, 3.63) is 126 Å². The highest BCUT2D eigenvalue weighted by Gasteiger charge is 2.44. The van der Waals surface area contributed by atoms with Crippen molar-refractivity contribution in [2.24, 2.45) is 0 Å². The van der Waals surface area contributed by atoms with Gasteiger partial charge in [0.2, 0.25) is 0 Å². The van der Waals surface area contributed by atoms with Crippen LogP contribution in [0.25, 0.3) is 5.57 Å². The van der Waals surface area contributed by atoms with Gasteiger partial charge in [-0.15, -0.1) is 11.8 Å². The average molecular weight is 480 g/mol. The summed E-state index contributed by atoms with van der Waals surface area (Å²) in [6.45, 7) is 7.02. The molecule has 0 fully saturated rings. The van der Waals surface area contributed by atoms with E-state index in [1.807, 2.05) is 11.8 Å². The van der Waals surface area contributed by atoms with Crippen molar-refractivity contribution >= 4 is 40.5 Å². The van der Waals surface area contributed by atoms with Crippen molar-refractivity contribution in [3.63, 3.8) is 0 Å². The summed E-state index contributed by atoms with van der Waals surface area (Å²) in [5, 5.41) is 4.30. The Labute approximate surface area is 209 Å². The zero-order valence-corrected chi connectivity index (χ0v) is 22.0.